The lowest BCUT2D eigenvalue weighted by atomic mass is 10.0. The van der Waals surface area contributed by atoms with E-state index in [9.17, 15) is 0 Å². The Morgan fingerprint density at radius 3 is 2.95 bits per heavy atom. The van der Waals surface area contributed by atoms with Gasteiger partial charge in [-0.3, -0.25) is 4.98 Å². The number of rotatable bonds is 5. The van der Waals surface area contributed by atoms with Gasteiger partial charge in [0.05, 0.1) is 5.51 Å². The number of benzene rings is 1. The highest BCUT2D eigenvalue weighted by atomic mass is 32.1. The molecule has 0 fully saturated rings. The van der Waals surface area contributed by atoms with Gasteiger partial charge in [-0.05, 0) is 24.1 Å². The number of hydrogen-bond donors (Lipinski definition) is 3. The maximum absolute atomic E-state index is 8.64. The van der Waals surface area contributed by atoms with Crippen LogP contribution in [0.1, 0.15) is 21.6 Å². The highest BCUT2D eigenvalue weighted by Gasteiger charge is 2.03. The summed E-state index contributed by atoms with van der Waals surface area (Å²) in [5.41, 5.74) is 10.4. The van der Waals surface area contributed by atoms with Crippen LogP contribution >= 0.6 is 11.3 Å². The van der Waals surface area contributed by atoms with Crippen molar-refractivity contribution in [2.75, 3.05) is 0 Å². The molecule has 19 heavy (non-hydrogen) atoms. The Kier molecular flexibility index (Phi) is 4.48. The van der Waals surface area contributed by atoms with Crippen LogP contribution in [0, 0.1) is 6.92 Å². The third kappa shape index (κ3) is 3.52. The van der Waals surface area contributed by atoms with E-state index in [4.69, 9.17) is 10.9 Å². The highest BCUT2D eigenvalue weighted by molar-refractivity contribution is 7.09. The molecule has 100 valence electrons. The number of nitrogens with zero attached hydrogens (tertiary/aromatic N) is 2. The number of aromatic nitrogens is 1. The average molecular weight is 276 g/mol. The van der Waals surface area contributed by atoms with Crippen LogP contribution in [0.5, 0.6) is 0 Å². The first-order chi connectivity index (χ1) is 9.20. The van der Waals surface area contributed by atoms with E-state index in [1.165, 1.54) is 10.4 Å². The number of nitrogens with one attached hydrogen (secondary N) is 1. The van der Waals surface area contributed by atoms with E-state index in [-0.39, 0.29) is 5.84 Å². The number of nitrogens with two attached hydrogens (primary N) is 1. The fraction of sp³-hybridized carbons (Fsp3) is 0.231. The molecule has 2 rings (SSSR count). The van der Waals surface area contributed by atoms with E-state index in [1.807, 2.05) is 36.8 Å². The van der Waals surface area contributed by atoms with Crippen LogP contribution < -0.4 is 11.1 Å². The minimum absolute atomic E-state index is 0.132. The van der Waals surface area contributed by atoms with Gasteiger partial charge in [0.2, 0.25) is 0 Å². The zero-order chi connectivity index (χ0) is 13.7. The Morgan fingerprint density at radius 2 is 2.32 bits per heavy atom. The van der Waals surface area contributed by atoms with Gasteiger partial charge >= 0.3 is 0 Å². The quantitative estimate of drug-likeness (QED) is 0.337. The van der Waals surface area contributed by atoms with Gasteiger partial charge in [0, 0.05) is 29.7 Å². The summed E-state index contributed by atoms with van der Waals surface area (Å²) >= 11 is 1.64. The molecule has 5 nitrogen and oxygen atoms in total. The smallest absolute Gasteiger partial charge is 0.170 e. The lowest BCUT2D eigenvalue weighted by Gasteiger charge is -2.08. The Labute approximate surface area is 115 Å². The van der Waals surface area contributed by atoms with Gasteiger partial charge in [-0.15, -0.1) is 11.3 Å². The first kappa shape index (κ1) is 13.5. The van der Waals surface area contributed by atoms with Gasteiger partial charge in [0.25, 0.3) is 0 Å². The fourth-order valence-electron chi connectivity index (χ4n) is 1.76. The second-order valence-corrected chi connectivity index (χ2v) is 5.17. The summed E-state index contributed by atoms with van der Waals surface area (Å²) in [6.45, 7) is 3.60. The van der Waals surface area contributed by atoms with Crippen molar-refractivity contribution in [1.82, 2.24) is 10.3 Å². The number of oxime groups is 1. The zero-order valence-electron chi connectivity index (χ0n) is 10.6. The molecular weight excluding hydrogens is 260 g/mol. The molecule has 1 heterocycles. The van der Waals surface area contributed by atoms with E-state index in [1.54, 1.807) is 11.3 Å². The molecular formula is C13H16N4OS. The molecule has 0 saturated carbocycles. The van der Waals surface area contributed by atoms with Crippen molar-refractivity contribution in [3.8, 4) is 0 Å². The van der Waals surface area contributed by atoms with Crippen LogP contribution in [0.15, 0.2) is 35.1 Å². The van der Waals surface area contributed by atoms with Crippen LogP contribution in [0.2, 0.25) is 0 Å². The molecule has 0 unspecified atom stereocenters. The summed E-state index contributed by atoms with van der Waals surface area (Å²) < 4.78 is 0. The molecule has 1 aromatic heterocycles. The normalized spacial score (nSPS) is 11.7. The largest absolute Gasteiger partial charge is 0.409 e. The lowest BCUT2D eigenvalue weighted by Crippen LogP contribution is -2.15. The fourth-order valence-corrected chi connectivity index (χ4v) is 2.33. The minimum Gasteiger partial charge on any atom is -0.409 e. The number of hydrogen-bond acceptors (Lipinski definition) is 5. The molecule has 0 saturated heterocycles. The van der Waals surface area contributed by atoms with E-state index in [2.05, 4.69) is 15.5 Å². The summed E-state index contributed by atoms with van der Waals surface area (Å²) in [6, 6.07) is 5.76. The maximum atomic E-state index is 8.64. The second kappa shape index (κ2) is 6.31. The third-order valence-corrected chi connectivity index (χ3v) is 3.62. The number of amidine groups is 1. The summed E-state index contributed by atoms with van der Waals surface area (Å²) in [6.07, 6.45) is 1.87. The van der Waals surface area contributed by atoms with Gasteiger partial charge in [0.1, 0.15) is 0 Å². The van der Waals surface area contributed by atoms with Crippen LogP contribution in [-0.2, 0) is 13.1 Å². The first-order valence-corrected chi connectivity index (χ1v) is 6.74. The number of aryl methyl sites for hydroxylation is 1. The van der Waals surface area contributed by atoms with Gasteiger partial charge in [0.15, 0.2) is 5.84 Å². The molecule has 2 aromatic rings. The molecule has 0 aliphatic rings. The predicted octanol–water partition coefficient (Wildman–Crippen LogP) is 1.84. The molecule has 6 heteroatoms. The van der Waals surface area contributed by atoms with Gasteiger partial charge < -0.3 is 16.3 Å². The molecule has 0 amide bonds. The molecule has 0 atom stereocenters. The van der Waals surface area contributed by atoms with Gasteiger partial charge in [-0.2, -0.15) is 0 Å². The van der Waals surface area contributed by atoms with E-state index >= 15 is 0 Å². The topological polar surface area (TPSA) is 83.5 Å². The van der Waals surface area contributed by atoms with Crippen molar-refractivity contribution in [3.05, 3.63) is 51.5 Å². The average Bonchev–Trinajstić information content (AvgIpc) is 2.93. The third-order valence-electron chi connectivity index (χ3n) is 2.84. The van der Waals surface area contributed by atoms with Crippen molar-refractivity contribution in [2.24, 2.45) is 10.9 Å². The van der Waals surface area contributed by atoms with E-state index < -0.39 is 0 Å². The van der Waals surface area contributed by atoms with E-state index in [0.717, 1.165) is 24.2 Å². The molecule has 4 N–H and O–H groups in total. The molecule has 0 bridgehead atoms. The summed E-state index contributed by atoms with van der Waals surface area (Å²) in [4.78, 5) is 5.25. The van der Waals surface area contributed by atoms with Crippen molar-refractivity contribution >= 4 is 17.2 Å². The van der Waals surface area contributed by atoms with Crippen LogP contribution in [-0.4, -0.2) is 16.0 Å². The van der Waals surface area contributed by atoms with Crippen molar-refractivity contribution < 1.29 is 5.21 Å². The van der Waals surface area contributed by atoms with Gasteiger partial charge in [-0.1, -0.05) is 17.3 Å². The number of thiazole rings is 1. The zero-order valence-corrected chi connectivity index (χ0v) is 11.4. The van der Waals surface area contributed by atoms with Crippen molar-refractivity contribution in [3.63, 3.8) is 0 Å². The van der Waals surface area contributed by atoms with Crippen LogP contribution in [0.4, 0.5) is 0 Å². The molecule has 0 spiro atoms. The van der Waals surface area contributed by atoms with Crippen LogP contribution in [0.3, 0.4) is 0 Å². The molecule has 0 radical (unpaired) electrons. The monoisotopic (exact) mass is 276 g/mol. The summed E-state index contributed by atoms with van der Waals surface area (Å²) in [7, 11) is 0. The summed E-state index contributed by atoms with van der Waals surface area (Å²) in [5.74, 6) is 0.132. The first-order valence-electron chi connectivity index (χ1n) is 5.86. The van der Waals surface area contributed by atoms with E-state index in [0.29, 0.717) is 0 Å². The Hall–Kier alpha value is -1.92. The van der Waals surface area contributed by atoms with Gasteiger partial charge in [-0.25, -0.2) is 0 Å². The Bertz CT molecular complexity index is 566. The highest BCUT2D eigenvalue weighted by Crippen LogP contribution is 2.12. The predicted molar refractivity (Wildman–Crippen MR) is 76.3 cm³/mol. The molecule has 1 aromatic carbocycles. The van der Waals surface area contributed by atoms with Crippen molar-refractivity contribution in [2.45, 2.75) is 20.0 Å². The summed E-state index contributed by atoms with van der Waals surface area (Å²) in [5, 5.41) is 15.0. The van der Waals surface area contributed by atoms with Crippen LogP contribution in [0.25, 0.3) is 0 Å². The molecule has 0 aliphatic carbocycles. The molecule has 0 aliphatic heterocycles. The Morgan fingerprint density at radius 1 is 1.47 bits per heavy atom. The Balaban J connectivity index is 1.97. The lowest BCUT2D eigenvalue weighted by molar-refractivity contribution is 0.318. The standard InChI is InChI=1S/C13H16N4OS/c1-9-4-10(13(14)17-18)2-3-11(9)5-15-6-12-7-16-8-19-12/h2-4,7-8,15,18H,5-6H2,1H3,(H2,14,17). The second-order valence-electron chi connectivity index (χ2n) is 4.20. The van der Waals surface area contributed by atoms with Crippen molar-refractivity contribution in [1.29, 1.82) is 0 Å². The maximum Gasteiger partial charge on any atom is 0.170 e. The minimum atomic E-state index is 0.132. The SMILES string of the molecule is Cc1cc(/C(N)=N/O)ccc1CNCc1cncs1.